The molecule has 2 rings (SSSR count). The Morgan fingerprint density at radius 1 is 1.43 bits per heavy atom. The van der Waals surface area contributed by atoms with Gasteiger partial charge in [0.1, 0.15) is 0 Å². The maximum atomic E-state index is 11.7. The zero-order valence-corrected chi connectivity index (χ0v) is 8.96. The first-order chi connectivity index (χ1) is 6.77. The molecule has 1 unspecified atom stereocenters. The molecule has 2 aliphatic rings. The van der Waals surface area contributed by atoms with E-state index in [9.17, 15) is 4.79 Å². The van der Waals surface area contributed by atoms with E-state index in [-0.39, 0.29) is 5.92 Å². The topological polar surface area (TPSA) is 32.3 Å². The molecule has 2 fully saturated rings. The van der Waals surface area contributed by atoms with E-state index in [0.717, 1.165) is 32.1 Å². The second kappa shape index (κ2) is 4.30. The predicted molar refractivity (Wildman–Crippen MR) is 56.0 cm³/mol. The third-order valence-electron chi connectivity index (χ3n) is 3.19. The fourth-order valence-electron chi connectivity index (χ4n) is 2.05. The zero-order valence-electron chi connectivity index (χ0n) is 8.96. The standard InChI is InChI=1S/C11H20N2O/c1-9-3-2-7-13(11(9)14)8-6-12-10-4-5-10/h9-10,12H,2-8H2,1H3. The molecule has 1 N–H and O–H groups in total. The van der Waals surface area contributed by atoms with E-state index in [1.807, 2.05) is 11.8 Å². The summed E-state index contributed by atoms with van der Waals surface area (Å²) < 4.78 is 0. The fourth-order valence-corrected chi connectivity index (χ4v) is 2.05. The van der Waals surface area contributed by atoms with E-state index >= 15 is 0 Å². The number of carbonyl (C=O) groups is 1. The van der Waals surface area contributed by atoms with E-state index in [1.165, 1.54) is 19.3 Å². The average Bonchev–Trinajstić information content (AvgIpc) is 2.96. The first-order valence-corrected chi connectivity index (χ1v) is 5.79. The molecule has 1 amide bonds. The average molecular weight is 196 g/mol. The van der Waals surface area contributed by atoms with Crippen LogP contribution in [0, 0.1) is 5.92 Å². The van der Waals surface area contributed by atoms with E-state index in [1.54, 1.807) is 0 Å². The number of likely N-dealkylation sites (tertiary alicyclic amines) is 1. The maximum Gasteiger partial charge on any atom is 0.225 e. The van der Waals surface area contributed by atoms with Crippen LogP contribution in [0.25, 0.3) is 0 Å². The van der Waals surface area contributed by atoms with Crippen molar-refractivity contribution >= 4 is 5.91 Å². The third-order valence-corrected chi connectivity index (χ3v) is 3.19. The number of piperidine rings is 1. The van der Waals surface area contributed by atoms with Crippen LogP contribution in [0.3, 0.4) is 0 Å². The Morgan fingerprint density at radius 2 is 2.21 bits per heavy atom. The summed E-state index contributed by atoms with van der Waals surface area (Å²) in [6.07, 6.45) is 4.90. The predicted octanol–water partition coefficient (Wildman–Crippen LogP) is 0.997. The summed E-state index contributed by atoms with van der Waals surface area (Å²) in [7, 11) is 0. The van der Waals surface area contributed by atoms with Crippen molar-refractivity contribution in [2.24, 2.45) is 5.92 Å². The van der Waals surface area contributed by atoms with Crippen LogP contribution in [0.1, 0.15) is 32.6 Å². The number of hydrogen-bond acceptors (Lipinski definition) is 2. The maximum absolute atomic E-state index is 11.7. The van der Waals surface area contributed by atoms with Crippen molar-refractivity contribution < 1.29 is 4.79 Å². The second-order valence-corrected chi connectivity index (χ2v) is 4.60. The Labute approximate surface area is 85.8 Å². The van der Waals surface area contributed by atoms with Gasteiger partial charge in [0.05, 0.1) is 0 Å². The van der Waals surface area contributed by atoms with Crippen LogP contribution < -0.4 is 5.32 Å². The molecule has 0 aromatic heterocycles. The van der Waals surface area contributed by atoms with E-state index in [0.29, 0.717) is 5.91 Å². The molecule has 3 nitrogen and oxygen atoms in total. The highest BCUT2D eigenvalue weighted by atomic mass is 16.2. The Kier molecular flexibility index (Phi) is 3.06. The van der Waals surface area contributed by atoms with Crippen molar-refractivity contribution in [3.63, 3.8) is 0 Å². The lowest BCUT2D eigenvalue weighted by atomic mass is 9.99. The van der Waals surface area contributed by atoms with Crippen molar-refractivity contribution in [2.75, 3.05) is 19.6 Å². The van der Waals surface area contributed by atoms with Crippen LogP contribution in [0.4, 0.5) is 0 Å². The van der Waals surface area contributed by atoms with E-state index in [2.05, 4.69) is 5.32 Å². The van der Waals surface area contributed by atoms with Gasteiger partial charge in [0.25, 0.3) is 0 Å². The van der Waals surface area contributed by atoms with Gasteiger partial charge in [-0.05, 0) is 25.7 Å². The highest BCUT2D eigenvalue weighted by Crippen LogP contribution is 2.19. The van der Waals surface area contributed by atoms with Crippen LogP contribution in [0.15, 0.2) is 0 Å². The molecule has 0 radical (unpaired) electrons. The Balaban J connectivity index is 1.69. The molecular formula is C11H20N2O. The van der Waals surface area contributed by atoms with Crippen molar-refractivity contribution in [3.8, 4) is 0 Å². The van der Waals surface area contributed by atoms with Gasteiger partial charge in [-0.2, -0.15) is 0 Å². The van der Waals surface area contributed by atoms with Crippen LogP contribution >= 0.6 is 0 Å². The molecular weight excluding hydrogens is 176 g/mol. The fraction of sp³-hybridized carbons (Fsp3) is 0.909. The van der Waals surface area contributed by atoms with Crippen LogP contribution in [0.2, 0.25) is 0 Å². The quantitative estimate of drug-likeness (QED) is 0.727. The van der Waals surface area contributed by atoms with Crippen molar-refractivity contribution in [1.82, 2.24) is 10.2 Å². The Morgan fingerprint density at radius 3 is 2.93 bits per heavy atom. The van der Waals surface area contributed by atoms with Gasteiger partial charge < -0.3 is 10.2 Å². The van der Waals surface area contributed by atoms with Gasteiger partial charge in [-0.15, -0.1) is 0 Å². The number of nitrogens with zero attached hydrogens (tertiary/aromatic N) is 1. The summed E-state index contributed by atoms with van der Waals surface area (Å²) in [5, 5.41) is 3.45. The molecule has 3 heteroatoms. The molecule has 0 aromatic carbocycles. The Bertz CT molecular complexity index is 213. The first-order valence-electron chi connectivity index (χ1n) is 5.79. The largest absolute Gasteiger partial charge is 0.341 e. The van der Waals surface area contributed by atoms with Gasteiger partial charge in [0, 0.05) is 31.6 Å². The summed E-state index contributed by atoms with van der Waals surface area (Å²) in [5.41, 5.74) is 0. The van der Waals surface area contributed by atoms with E-state index < -0.39 is 0 Å². The lowest BCUT2D eigenvalue weighted by Gasteiger charge is -2.30. The molecule has 0 spiro atoms. The SMILES string of the molecule is CC1CCCN(CCNC2CC2)C1=O. The van der Waals surface area contributed by atoms with Crippen LogP contribution in [-0.4, -0.2) is 36.5 Å². The third kappa shape index (κ3) is 2.47. The zero-order chi connectivity index (χ0) is 9.97. The lowest BCUT2D eigenvalue weighted by molar-refractivity contribution is -0.137. The smallest absolute Gasteiger partial charge is 0.225 e. The number of hydrogen-bond donors (Lipinski definition) is 1. The van der Waals surface area contributed by atoms with Gasteiger partial charge in [0.15, 0.2) is 0 Å². The summed E-state index contributed by atoms with van der Waals surface area (Å²) in [6.45, 7) is 4.89. The number of amides is 1. The molecule has 0 bridgehead atoms. The summed E-state index contributed by atoms with van der Waals surface area (Å²) in [4.78, 5) is 13.7. The van der Waals surface area contributed by atoms with Crippen LogP contribution in [0.5, 0.6) is 0 Å². The number of nitrogens with one attached hydrogen (secondary N) is 1. The lowest BCUT2D eigenvalue weighted by Crippen LogP contribution is -2.43. The van der Waals surface area contributed by atoms with Crippen molar-refractivity contribution in [1.29, 1.82) is 0 Å². The summed E-state index contributed by atoms with van der Waals surface area (Å²) in [5.74, 6) is 0.610. The van der Waals surface area contributed by atoms with Gasteiger partial charge in [0.2, 0.25) is 5.91 Å². The van der Waals surface area contributed by atoms with Gasteiger partial charge in [-0.25, -0.2) is 0 Å². The van der Waals surface area contributed by atoms with Crippen molar-refractivity contribution in [2.45, 2.75) is 38.6 Å². The normalized spacial score (nSPS) is 28.2. The van der Waals surface area contributed by atoms with Gasteiger partial charge in [-0.3, -0.25) is 4.79 Å². The highest BCUT2D eigenvalue weighted by molar-refractivity contribution is 5.79. The first kappa shape index (κ1) is 9.97. The molecule has 1 saturated heterocycles. The number of carbonyl (C=O) groups excluding carboxylic acids is 1. The molecule has 1 aliphatic heterocycles. The molecule has 1 aliphatic carbocycles. The molecule has 1 atom stereocenters. The van der Waals surface area contributed by atoms with Gasteiger partial charge >= 0.3 is 0 Å². The summed E-state index contributed by atoms with van der Waals surface area (Å²) >= 11 is 0. The second-order valence-electron chi connectivity index (χ2n) is 4.60. The molecule has 14 heavy (non-hydrogen) atoms. The van der Waals surface area contributed by atoms with Crippen molar-refractivity contribution in [3.05, 3.63) is 0 Å². The summed E-state index contributed by atoms with van der Waals surface area (Å²) in [6, 6.07) is 0.757. The van der Waals surface area contributed by atoms with Crippen LogP contribution in [-0.2, 0) is 4.79 Å². The number of rotatable bonds is 4. The Hall–Kier alpha value is -0.570. The minimum atomic E-state index is 0.254. The molecule has 1 heterocycles. The minimum absolute atomic E-state index is 0.254. The monoisotopic (exact) mass is 196 g/mol. The van der Waals surface area contributed by atoms with E-state index in [4.69, 9.17) is 0 Å². The highest BCUT2D eigenvalue weighted by Gasteiger charge is 2.25. The molecule has 80 valence electrons. The molecule has 0 aromatic rings. The molecule has 1 saturated carbocycles. The van der Waals surface area contributed by atoms with Gasteiger partial charge in [-0.1, -0.05) is 6.92 Å². The minimum Gasteiger partial charge on any atom is -0.341 e.